The highest BCUT2D eigenvalue weighted by Gasteiger charge is 2.41. The van der Waals surface area contributed by atoms with Gasteiger partial charge in [0.05, 0.1) is 46.3 Å². The predicted octanol–water partition coefficient (Wildman–Crippen LogP) is 2.59. The van der Waals surface area contributed by atoms with E-state index in [1.807, 2.05) is 0 Å². The average molecular weight is 719 g/mol. The van der Waals surface area contributed by atoms with Crippen LogP contribution in [0.2, 0.25) is 0 Å². The van der Waals surface area contributed by atoms with Crippen molar-refractivity contribution in [2.24, 2.45) is 0 Å². The summed E-state index contributed by atoms with van der Waals surface area (Å²) in [5, 5.41) is 0. The number of imidazole rings is 1. The quantitative estimate of drug-likeness (QED) is 0.0676. The number of phosphoric ester groups is 1. The van der Waals surface area contributed by atoms with Crippen molar-refractivity contribution in [2.45, 2.75) is 24.5 Å². The minimum atomic E-state index is -5.72. The van der Waals surface area contributed by atoms with E-state index < -0.39 is 42.4 Å². The van der Waals surface area contributed by atoms with Gasteiger partial charge in [0, 0.05) is 37.0 Å². The Morgan fingerprint density at radius 2 is 1.60 bits per heavy atom. The molecule has 3 rings (SSSR count). The fourth-order valence-corrected chi connectivity index (χ4v) is 7.71. The summed E-state index contributed by atoms with van der Waals surface area (Å²) in [6, 6.07) is 3.36. The van der Waals surface area contributed by atoms with Crippen molar-refractivity contribution in [2.75, 3.05) is 46.7 Å². The zero-order valence-corrected chi connectivity index (χ0v) is 27.7. The summed E-state index contributed by atoms with van der Waals surface area (Å²) in [5.41, 5.74) is 7.17. The molecule has 0 radical (unpaired) electrons. The number of aromatic nitrogens is 4. The molecule has 0 aliphatic heterocycles. The lowest BCUT2D eigenvalue weighted by molar-refractivity contribution is -0.0349. The number of benzene rings is 1. The van der Waals surface area contributed by atoms with Crippen LogP contribution < -0.4 is 19.9 Å². The summed E-state index contributed by atoms with van der Waals surface area (Å²) in [7, 11) is -10.9. The Labute approximate surface area is 260 Å². The van der Waals surface area contributed by atoms with Crippen molar-refractivity contribution >= 4 is 52.2 Å². The van der Waals surface area contributed by atoms with Crippen molar-refractivity contribution in [3.05, 3.63) is 30.4 Å². The van der Waals surface area contributed by atoms with E-state index in [9.17, 15) is 23.5 Å². The Bertz CT molecular complexity index is 1570. The smallest absolute Gasteiger partial charge is 0.490 e. The third-order valence-electron chi connectivity index (χ3n) is 5.72. The number of anilines is 1. The van der Waals surface area contributed by atoms with Crippen LogP contribution in [0.15, 0.2) is 24.8 Å². The molecule has 0 saturated carbocycles. The number of ether oxygens (including phenoxy) is 5. The van der Waals surface area contributed by atoms with E-state index >= 15 is 0 Å². The lowest BCUT2D eigenvalue weighted by Crippen LogP contribution is -2.25. The summed E-state index contributed by atoms with van der Waals surface area (Å²) < 4.78 is 76.6. The first-order valence-corrected chi connectivity index (χ1v) is 18.0. The average Bonchev–Trinajstić information content (AvgIpc) is 3.39. The van der Waals surface area contributed by atoms with Gasteiger partial charge in [-0.15, -0.1) is 11.8 Å². The molecule has 0 bridgehead atoms. The Morgan fingerprint density at radius 3 is 2.18 bits per heavy atom. The second kappa shape index (κ2) is 16.0. The number of nitrogens with two attached hydrogens (primary N) is 1. The maximum absolute atomic E-state index is 12.4. The van der Waals surface area contributed by atoms with Gasteiger partial charge in [-0.25, -0.2) is 28.6 Å². The third kappa shape index (κ3) is 10.9. The first-order valence-electron chi connectivity index (χ1n) is 12.3. The van der Waals surface area contributed by atoms with Gasteiger partial charge in [-0.3, -0.25) is 9.09 Å². The van der Waals surface area contributed by atoms with Gasteiger partial charge in [-0.2, -0.15) is 8.62 Å². The minimum Gasteiger partial charge on any atom is -0.496 e. The number of nitrogens with zero attached hydrogens (tertiary/aromatic N) is 4. The monoisotopic (exact) mass is 719 g/mol. The van der Waals surface area contributed by atoms with Crippen molar-refractivity contribution in [3.63, 3.8) is 0 Å². The fourth-order valence-electron chi connectivity index (χ4n) is 3.80. The summed E-state index contributed by atoms with van der Waals surface area (Å²) in [5.74, 6) is 1.93. The third-order valence-corrected chi connectivity index (χ3v) is 10.3. The molecule has 252 valence electrons. The van der Waals surface area contributed by atoms with Crippen LogP contribution in [0.3, 0.4) is 0 Å². The van der Waals surface area contributed by atoms with Crippen LogP contribution in [0.25, 0.3) is 11.2 Å². The zero-order valence-electron chi connectivity index (χ0n) is 24.2. The highest BCUT2D eigenvalue weighted by molar-refractivity contribution is 7.98. The van der Waals surface area contributed by atoms with Crippen LogP contribution >= 0.6 is 35.2 Å². The lowest BCUT2D eigenvalue weighted by Gasteiger charge is -2.25. The largest absolute Gasteiger partial charge is 0.496 e. The molecule has 0 saturated heterocycles. The molecule has 4 atom stereocenters. The SMILES string of the molecule is COc1cc(OC)c(CSCOC(COP(=O)(O)OP(=O)(O)OP(=O)(O)O)C[C@@H](OC)n2cnc3c(N)ncnc32)c(OC)c1. The van der Waals surface area contributed by atoms with Crippen molar-refractivity contribution < 1.29 is 70.1 Å². The number of thioether (sulfide) groups is 1. The number of nitrogen functional groups attached to an aromatic ring is 1. The first-order chi connectivity index (χ1) is 21.1. The highest BCUT2D eigenvalue weighted by atomic mass is 32.2. The standard InChI is InChI=1S/C21H32N5O15P3S/c1-34-13-5-16(35-2)15(17(6-13)36-3)9-45-12-38-14(8-39-43(30,31)41-44(32,33)40-42(27,28)29)7-18(37-4)26-11-25-19-20(22)23-10-24-21(19)26/h5-6,10-11,14,18H,7-9,12H2,1-4H3,(H,30,31)(H,32,33)(H2,22,23,24)(H2,27,28,29)/t14?,18-/m1/s1. The topological polar surface area (TPSA) is 276 Å². The Hall–Kier alpha value is -2.35. The Balaban J connectivity index is 1.78. The number of hydrogen-bond donors (Lipinski definition) is 5. The maximum atomic E-state index is 12.4. The van der Waals surface area contributed by atoms with Gasteiger partial charge < -0.3 is 49.0 Å². The van der Waals surface area contributed by atoms with E-state index in [4.69, 9.17) is 43.7 Å². The normalized spacial score (nSPS) is 16.1. The molecular weight excluding hydrogens is 687 g/mol. The van der Waals surface area contributed by atoms with E-state index in [1.54, 1.807) is 12.1 Å². The van der Waals surface area contributed by atoms with Crippen LogP contribution in [-0.2, 0) is 42.1 Å². The first kappa shape index (κ1) is 37.1. The second-order valence-corrected chi connectivity index (χ2v) is 14.0. The number of rotatable bonds is 19. The van der Waals surface area contributed by atoms with Crippen LogP contribution in [0.4, 0.5) is 5.82 Å². The van der Waals surface area contributed by atoms with E-state index in [-0.39, 0.29) is 18.2 Å². The molecule has 0 aliphatic rings. The van der Waals surface area contributed by atoms with Gasteiger partial charge in [0.2, 0.25) is 0 Å². The van der Waals surface area contributed by atoms with Crippen molar-refractivity contribution in [1.29, 1.82) is 0 Å². The summed E-state index contributed by atoms with van der Waals surface area (Å²) in [6.07, 6.45) is 0.622. The van der Waals surface area contributed by atoms with Gasteiger partial charge in [0.1, 0.15) is 35.3 Å². The van der Waals surface area contributed by atoms with Gasteiger partial charge in [-0.05, 0) is 0 Å². The van der Waals surface area contributed by atoms with Crippen LogP contribution in [0.1, 0.15) is 18.2 Å². The van der Waals surface area contributed by atoms with Crippen LogP contribution in [0.5, 0.6) is 17.2 Å². The number of fused-ring (bicyclic) bond motifs is 1. The van der Waals surface area contributed by atoms with Crippen molar-refractivity contribution in [3.8, 4) is 17.2 Å². The Kier molecular flexibility index (Phi) is 13.2. The van der Waals surface area contributed by atoms with E-state index in [1.165, 1.54) is 57.4 Å². The molecule has 2 heterocycles. The zero-order chi connectivity index (χ0) is 33.4. The lowest BCUT2D eigenvalue weighted by atomic mass is 10.2. The molecule has 0 amide bonds. The molecule has 0 spiro atoms. The molecule has 24 heteroatoms. The highest BCUT2D eigenvalue weighted by Crippen LogP contribution is 2.66. The van der Waals surface area contributed by atoms with E-state index in [0.29, 0.717) is 39.7 Å². The number of methoxy groups -OCH3 is 4. The number of hydrogen-bond acceptors (Lipinski definition) is 16. The van der Waals surface area contributed by atoms with Crippen LogP contribution in [-0.4, -0.2) is 86.2 Å². The fraction of sp³-hybridized carbons (Fsp3) is 0.476. The van der Waals surface area contributed by atoms with Gasteiger partial charge in [0.15, 0.2) is 11.5 Å². The molecule has 6 N–H and O–H groups in total. The molecule has 3 aromatic rings. The molecule has 45 heavy (non-hydrogen) atoms. The van der Waals surface area contributed by atoms with E-state index in [2.05, 4.69) is 23.6 Å². The maximum Gasteiger partial charge on any atom is 0.490 e. The molecule has 0 aliphatic carbocycles. The molecule has 0 fully saturated rings. The van der Waals surface area contributed by atoms with Gasteiger partial charge in [0.25, 0.3) is 0 Å². The summed E-state index contributed by atoms with van der Waals surface area (Å²) in [6.45, 7) is -0.733. The molecule has 2 aromatic heterocycles. The summed E-state index contributed by atoms with van der Waals surface area (Å²) >= 11 is 1.26. The summed E-state index contributed by atoms with van der Waals surface area (Å²) in [4.78, 5) is 49.2. The molecule has 1 aromatic carbocycles. The second-order valence-electron chi connectivity index (χ2n) is 8.66. The van der Waals surface area contributed by atoms with E-state index in [0.717, 1.165) is 0 Å². The van der Waals surface area contributed by atoms with Gasteiger partial charge in [-0.1, -0.05) is 0 Å². The molecule has 20 nitrogen and oxygen atoms in total. The number of phosphoric acid groups is 3. The molecule has 3 unspecified atom stereocenters. The van der Waals surface area contributed by atoms with Crippen LogP contribution in [0, 0.1) is 0 Å². The molecular formula is C21H32N5O15P3S. The van der Waals surface area contributed by atoms with Gasteiger partial charge >= 0.3 is 23.5 Å². The predicted molar refractivity (Wildman–Crippen MR) is 157 cm³/mol. The minimum absolute atomic E-state index is 0.0288. The Morgan fingerprint density at radius 1 is 0.933 bits per heavy atom. The van der Waals surface area contributed by atoms with Crippen molar-refractivity contribution in [1.82, 2.24) is 19.5 Å².